The first-order chi connectivity index (χ1) is 2.89. The Morgan fingerprint density at radius 1 is 1.83 bits per heavy atom. The summed E-state index contributed by atoms with van der Waals surface area (Å²) in [6, 6.07) is 0. The van der Waals surface area contributed by atoms with Gasteiger partial charge in [0.2, 0.25) is 0 Å². The molecule has 0 amide bonds. The van der Waals surface area contributed by atoms with Gasteiger partial charge in [-0.05, 0) is 7.05 Å². The van der Waals surface area contributed by atoms with Crippen LogP contribution >= 0.6 is 0 Å². The first-order valence-corrected chi connectivity index (χ1v) is 1.73. The van der Waals surface area contributed by atoms with Gasteiger partial charge in [0.25, 0.3) is 0 Å². The van der Waals surface area contributed by atoms with Crippen LogP contribution < -0.4 is 0 Å². The van der Waals surface area contributed by atoms with E-state index >= 15 is 0 Å². The second-order valence-electron chi connectivity index (χ2n) is 1.13. The van der Waals surface area contributed by atoms with Crippen molar-refractivity contribution < 1.29 is 0 Å². The molecule has 1 aromatic heterocycles. The van der Waals surface area contributed by atoms with Crippen LogP contribution in [0.1, 0.15) is 0 Å². The molecule has 0 aliphatic rings. The zero-order valence-electron chi connectivity index (χ0n) is 3.55. The van der Waals surface area contributed by atoms with Crippen LogP contribution in [0, 0.1) is 6.20 Å². The maximum atomic E-state index is 3.73. The van der Waals surface area contributed by atoms with Crippen molar-refractivity contribution in [2.75, 3.05) is 0 Å². The number of rotatable bonds is 0. The van der Waals surface area contributed by atoms with Crippen molar-refractivity contribution in [2.45, 2.75) is 0 Å². The molecule has 0 aromatic carbocycles. The van der Waals surface area contributed by atoms with Gasteiger partial charge in [-0.3, -0.25) is 0 Å². The zero-order chi connectivity index (χ0) is 4.41. The lowest BCUT2D eigenvalue weighted by Crippen LogP contribution is -1.77. The standard InChI is InChI=1S/C4H5N2/c1-6-3-2-5-4-6/h2,4H,1H3/q-1. The number of nitrogens with zero attached hydrogens (tertiary/aromatic N) is 2. The van der Waals surface area contributed by atoms with Crippen molar-refractivity contribution in [3.8, 4) is 0 Å². The Hall–Kier alpha value is -0.790. The average molecular weight is 81.1 g/mol. The number of hydrogen-bond donors (Lipinski definition) is 0. The first-order valence-electron chi connectivity index (χ1n) is 1.73. The number of aryl methyl sites for hydroxylation is 1. The van der Waals surface area contributed by atoms with Crippen LogP contribution in [0.3, 0.4) is 0 Å². The van der Waals surface area contributed by atoms with Gasteiger partial charge in [0.15, 0.2) is 0 Å². The van der Waals surface area contributed by atoms with E-state index in [-0.39, 0.29) is 0 Å². The van der Waals surface area contributed by atoms with E-state index in [2.05, 4.69) is 11.2 Å². The number of aromatic nitrogens is 2. The van der Waals surface area contributed by atoms with Crippen molar-refractivity contribution >= 4 is 0 Å². The molecule has 0 unspecified atom stereocenters. The van der Waals surface area contributed by atoms with E-state index < -0.39 is 0 Å². The SMILES string of the molecule is Cn1[c-]cnc1. The van der Waals surface area contributed by atoms with Gasteiger partial charge in [-0.25, -0.2) is 0 Å². The van der Waals surface area contributed by atoms with Crippen LogP contribution in [0.2, 0.25) is 0 Å². The van der Waals surface area contributed by atoms with Gasteiger partial charge in [0.1, 0.15) is 0 Å². The van der Waals surface area contributed by atoms with E-state index in [0.29, 0.717) is 0 Å². The second-order valence-corrected chi connectivity index (χ2v) is 1.13. The molecule has 0 N–H and O–H groups in total. The molecule has 1 heterocycles. The topological polar surface area (TPSA) is 17.8 Å². The lowest BCUT2D eigenvalue weighted by molar-refractivity contribution is 0.906. The van der Waals surface area contributed by atoms with E-state index in [1.54, 1.807) is 17.1 Å². The zero-order valence-corrected chi connectivity index (χ0v) is 3.55. The quantitative estimate of drug-likeness (QED) is 0.408. The van der Waals surface area contributed by atoms with Crippen molar-refractivity contribution in [2.24, 2.45) is 7.05 Å². The summed E-state index contributed by atoms with van der Waals surface area (Å²) in [4.78, 5) is 3.73. The summed E-state index contributed by atoms with van der Waals surface area (Å²) in [5, 5.41) is 0. The molecule has 1 rings (SSSR count). The molecule has 0 radical (unpaired) electrons. The fourth-order valence-corrected chi connectivity index (χ4v) is 0.291. The van der Waals surface area contributed by atoms with E-state index in [1.807, 2.05) is 7.05 Å². The Bertz CT molecular complexity index is 109. The summed E-state index contributed by atoms with van der Waals surface area (Å²) in [5.41, 5.74) is 0. The summed E-state index contributed by atoms with van der Waals surface area (Å²) >= 11 is 0. The Balaban J connectivity index is 3.05. The maximum Gasteiger partial charge on any atom is -0.0224 e. The highest BCUT2D eigenvalue weighted by Gasteiger charge is 1.55. The van der Waals surface area contributed by atoms with Crippen LogP contribution in [-0.2, 0) is 7.05 Å². The second kappa shape index (κ2) is 1.12. The molecule has 2 heteroatoms. The van der Waals surface area contributed by atoms with Crippen molar-refractivity contribution in [3.63, 3.8) is 0 Å². The lowest BCUT2D eigenvalue weighted by Gasteiger charge is -1.90. The fraction of sp³-hybridized carbons (Fsp3) is 0.250. The van der Waals surface area contributed by atoms with E-state index in [9.17, 15) is 0 Å². The van der Waals surface area contributed by atoms with Gasteiger partial charge >= 0.3 is 0 Å². The Kier molecular flexibility index (Phi) is 0.638. The molecule has 0 spiro atoms. The normalized spacial score (nSPS) is 8.83. The van der Waals surface area contributed by atoms with Crippen LogP contribution in [0.5, 0.6) is 0 Å². The minimum absolute atomic E-state index is 1.62. The molecular formula is C4H5N2-. The highest BCUT2D eigenvalue weighted by Crippen LogP contribution is 1.71. The van der Waals surface area contributed by atoms with Gasteiger partial charge in [0, 0.05) is 0 Å². The predicted octanol–water partition coefficient (Wildman–Crippen LogP) is 0.220. The predicted molar refractivity (Wildman–Crippen MR) is 22.0 cm³/mol. The van der Waals surface area contributed by atoms with Crippen LogP contribution in [0.15, 0.2) is 12.5 Å². The highest BCUT2D eigenvalue weighted by atomic mass is 15.0. The van der Waals surface area contributed by atoms with Crippen molar-refractivity contribution in [1.82, 2.24) is 9.55 Å². The molecule has 0 saturated carbocycles. The van der Waals surface area contributed by atoms with Gasteiger partial charge in [-0.15, -0.1) is 0 Å². The largest absolute Gasteiger partial charge is 0.503 e. The smallest absolute Gasteiger partial charge is 0.0224 e. The van der Waals surface area contributed by atoms with E-state index in [1.165, 1.54) is 0 Å². The number of imidazole rings is 1. The van der Waals surface area contributed by atoms with Gasteiger partial charge in [0.05, 0.1) is 0 Å². The molecule has 1 aromatic rings. The summed E-state index contributed by atoms with van der Waals surface area (Å²) < 4.78 is 1.76. The molecule has 0 bridgehead atoms. The summed E-state index contributed by atoms with van der Waals surface area (Å²) in [6.45, 7) is 0. The van der Waals surface area contributed by atoms with Gasteiger partial charge in [-0.2, -0.15) is 6.20 Å². The number of hydrogen-bond acceptors (Lipinski definition) is 1. The van der Waals surface area contributed by atoms with Crippen molar-refractivity contribution in [3.05, 3.63) is 18.7 Å². The first kappa shape index (κ1) is 3.40. The lowest BCUT2D eigenvalue weighted by atomic mass is 10.9. The minimum Gasteiger partial charge on any atom is -0.503 e. The summed E-state index contributed by atoms with van der Waals surface area (Å²) in [7, 11) is 1.88. The Morgan fingerprint density at radius 2 is 2.67 bits per heavy atom. The molecular weight excluding hydrogens is 76.1 g/mol. The monoisotopic (exact) mass is 81.0 g/mol. The Labute approximate surface area is 36.4 Å². The minimum atomic E-state index is 1.62. The molecule has 6 heavy (non-hydrogen) atoms. The molecule has 0 atom stereocenters. The van der Waals surface area contributed by atoms with E-state index in [0.717, 1.165) is 0 Å². The van der Waals surface area contributed by atoms with Gasteiger partial charge < -0.3 is 9.55 Å². The van der Waals surface area contributed by atoms with Gasteiger partial charge in [-0.1, -0.05) is 12.5 Å². The van der Waals surface area contributed by atoms with Crippen LogP contribution in [-0.4, -0.2) is 9.55 Å². The fourth-order valence-electron chi connectivity index (χ4n) is 0.291. The van der Waals surface area contributed by atoms with Crippen LogP contribution in [0.4, 0.5) is 0 Å². The average Bonchev–Trinajstić information content (AvgIpc) is 1.86. The van der Waals surface area contributed by atoms with Crippen LogP contribution in [0.25, 0.3) is 0 Å². The third-order valence-corrected chi connectivity index (χ3v) is 0.576. The molecule has 0 aliphatic carbocycles. The molecule has 0 aliphatic heterocycles. The summed E-state index contributed by atoms with van der Waals surface area (Å²) in [6.07, 6.45) is 6.12. The highest BCUT2D eigenvalue weighted by molar-refractivity contribution is 4.67. The molecule has 2 nitrogen and oxygen atoms in total. The summed E-state index contributed by atoms with van der Waals surface area (Å²) in [5.74, 6) is 0. The molecule has 0 fully saturated rings. The molecule has 32 valence electrons. The third-order valence-electron chi connectivity index (χ3n) is 0.576. The Morgan fingerprint density at radius 3 is 2.83 bits per heavy atom. The van der Waals surface area contributed by atoms with Crippen molar-refractivity contribution in [1.29, 1.82) is 0 Å². The third kappa shape index (κ3) is 0.407. The molecule has 0 saturated heterocycles. The maximum absolute atomic E-state index is 3.73. The van der Waals surface area contributed by atoms with E-state index in [4.69, 9.17) is 0 Å².